The lowest BCUT2D eigenvalue weighted by Crippen LogP contribution is -2.22. The van der Waals surface area contributed by atoms with E-state index in [0.717, 1.165) is 31.6 Å². The second kappa shape index (κ2) is 7.22. The molecule has 0 saturated carbocycles. The fourth-order valence-corrected chi connectivity index (χ4v) is 2.42. The van der Waals surface area contributed by atoms with Gasteiger partial charge in [0.15, 0.2) is 0 Å². The van der Waals surface area contributed by atoms with Crippen LogP contribution >= 0.6 is 0 Å². The first-order chi connectivity index (χ1) is 10.1. The van der Waals surface area contributed by atoms with Gasteiger partial charge in [0, 0.05) is 25.3 Å². The minimum atomic E-state index is -0.855. The minimum Gasteiger partial charge on any atom is -0.481 e. The molecule has 0 radical (unpaired) electrons. The van der Waals surface area contributed by atoms with Crippen LogP contribution in [-0.2, 0) is 14.3 Å². The maximum atomic E-state index is 12.0. The quantitative estimate of drug-likeness (QED) is 0.874. The van der Waals surface area contributed by atoms with E-state index in [2.05, 4.69) is 5.32 Å². The number of ether oxygens (including phenoxy) is 1. The normalized spacial score (nSPS) is 17.2. The lowest BCUT2D eigenvalue weighted by Gasteiger charge is -2.21. The second-order valence-corrected chi connectivity index (χ2v) is 5.49. The Hall–Kier alpha value is -1.88. The van der Waals surface area contributed by atoms with Gasteiger partial charge >= 0.3 is 5.97 Å². The molecular weight excluding hydrogens is 270 g/mol. The van der Waals surface area contributed by atoms with E-state index in [1.807, 2.05) is 0 Å². The highest BCUT2D eigenvalue weighted by atomic mass is 16.5. The SMILES string of the molecule is CC(C(=O)O)c1ccc(NC(=O)CC2CCOCC2)cc1. The third-order valence-electron chi connectivity index (χ3n) is 3.88. The van der Waals surface area contributed by atoms with Gasteiger partial charge in [-0.2, -0.15) is 0 Å². The van der Waals surface area contributed by atoms with Gasteiger partial charge in [-0.15, -0.1) is 0 Å². The molecule has 5 nitrogen and oxygen atoms in total. The molecule has 1 aliphatic heterocycles. The Bertz CT molecular complexity index is 492. The molecule has 0 bridgehead atoms. The van der Waals surface area contributed by atoms with E-state index in [-0.39, 0.29) is 5.91 Å². The van der Waals surface area contributed by atoms with Gasteiger partial charge in [0.25, 0.3) is 0 Å². The summed E-state index contributed by atoms with van der Waals surface area (Å²) in [5.74, 6) is -1.01. The smallest absolute Gasteiger partial charge is 0.310 e. The van der Waals surface area contributed by atoms with E-state index in [1.165, 1.54) is 0 Å². The number of carboxylic acid groups (broad SMARTS) is 1. The van der Waals surface area contributed by atoms with Crippen molar-refractivity contribution in [2.75, 3.05) is 18.5 Å². The molecule has 5 heteroatoms. The largest absolute Gasteiger partial charge is 0.481 e. The van der Waals surface area contributed by atoms with E-state index >= 15 is 0 Å². The molecule has 1 saturated heterocycles. The van der Waals surface area contributed by atoms with Gasteiger partial charge in [0.1, 0.15) is 0 Å². The number of aliphatic carboxylic acids is 1. The third kappa shape index (κ3) is 4.56. The molecule has 1 amide bonds. The third-order valence-corrected chi connectivity index (χ3v) is 3.88. The maximum absolute atomic E-state index is 12.0. The van der Waals surface area contributed by atoms with Crippen LogP contribution in [0.4, 0.5) is 5.69 Å². The molecule has 1 fully saturated rings. The Morgan fingerprint density at radius 1 is 1.29 bits per heavy atom. The van der Waals surface area contributed by atoms with Crippen LogP contribution in [0.3, 0.4) is 0 Å². The summed E-state index contributed by atoms with van der Waals surface area (Å²) in [5, 5.41) is 11.8. The average Bonchev–Trinajstić information content (AvgIpc) is 2.48. The molecule has 1 aromatic carbocycles. The highest BCUT2D eigenvalue weighted by molar-refractivity contribution is 5.91. The van der Waals surface area contributed by atoms with Gasteiger partial charge < -0.3 is 15.2 Å². The molecule has 0 aromatic heterocycles. The molecule has 1 aromatic rings. The van der Waals surface area contributed by atoms with Crippen LogP contribution in [0.5, 0.6) is 0 Å². The van der Waals surface area contributed by atoms with Crippen LogP contribution in [0.2, 0.25) is 0 Å². The first-order valence-electron chi connectivity index (χ1n) is 7.26. The Balaban J connectivity index is 1.87. The predicted octanol–water partition coefficient (Wildman–Crippen LogP) is 2.63. The van der Waals surface area contributed by atoms with Crippen molar-refractivity contribution in [2.45, 2.75) is 32.1 Å². The van der Waals surface area contributed by atoms with Crippen molar-refractivity contribution in [3.63, 3.8) is 0 Å². The van der Waals surface area contributed by atoms with Gasteiger partial charge in [-0.3, -0.25) is 9.59 Å². The first kappa shape index (κ1) is 15.5. The van der Waals surface area contributed by atoms with Crippen LogP contribution in [0.15, 0.2) is 24.3 Å². The van der Waals surface area contributed by atoms with E-state index in [9.17, 15) is 9.59 Å². The molecule has 2 rings (SSSR count). The van der Waals surface area contributed by atoms with Gasteiger partial charge in [-0.05, 0) is 43.4 Å². The molecule has 1 heterocycles. The lowest BCUT2D eigenvalue weighted by molar-refractivity contribution is -0.138. The molecule has 1 atom stereocenters. The van der Waals surface area contributed by atoms with Crippen molar-refractivity contribution in [1.82, 2.24) is 0 Å². The number of anilines is 1. The van der Waals surface area contributed by atoms with Gasteiger partial charge in [-0.1, -0.05) is 12.1 Å². The van der Waals surface area contributed by atoms with E-state index in [1.54, 1.807) is 31.2 Å². The molecule has 2 N–H and O–H groups in total. The molecule has 1 unspecified atom stereocenters. The molecule has 1 aliphatic rings. The zero-order valence-electron chi connectivity index (χ0n) is 12.2. The van der Waals surface area contributed by atoms with Crippen molar-refractivity contribution in [2.24, 2.45) is 5.92 Å². The number of carbonyl (C=O) groups is 2. The summed E-state index contributed by atoms with van der Waals surface area (Å²) < 4.78 is 5.27. The number of hydrogen-bond acceptors (Lipinski definition) is 3. The summed E-state index contributed by atoms with van der Waals surface area (Å²) in [6.45, 7) is 3.11. The zero-order chi connectivity index (χ0) is 15.2. The summed E-state index contributed by atoms with van der Waals surface area (Å²) in [5.41, 5.74) is 1.43. The fourth-order valence-electron chi connectivity index (χ4n) is 2.42. The lowest BCUT2D eigenvalue weighted by atomic mass is 9.96. The average molecular weight is 291 g/mol. The Morgan fingerprint density at radius 3 is 2.48 bits per heavy atom. The van der Waals surface area contributed by atoms with E-state index in [4.69, 9.17) is 9.84 Å². The van der Waals surface area contributed by atoms with E-state index < -0.39 is 11.9 Å². The second-order valence-electron chi connectivity index (χ2n) is 5.49. The molecule has 0 spiro atoms. The van der Waals surface area contributed by atoms with Crippen molar-refractivity contribution in [3.05, 3.63) is 29.8 Å². The van der Waals surface area contributed by atoms with Crippen LogP contribution in [0.1, 0.15) is 37.7 Å². The minimum absolute atomic E-state index is 0.000864. The first-order valence-corrected chi connectivity index (χ1v) is 7.26. The summed E-state index contributed by atoms with van der Waals surface area (Å²) >= 11 is 0. The summed E-state index contributed by atoms with van der Waals surface area (Å²) in [6.07, 6.45) is 2.38. The maximum Gasteiger partial charge on any atom is 0.310 e. The zero-order valence-corrected chi connectivity index (χ0v) is 12.2. The molecule has 21 heavy (non-hydrogen) atoms. The number of nitrogens with one attached hydrogen (secondary N) is 1. The predicted molar refractivity (Wildman–Crippen MR) is 79.3 cm³/mol. The van der Waals surface area contributed by atoms with Crippen LogP contribution < -0.4 is 5.32 Å². The summed E-state index contributed by atoms with van der Waals surface area (Å²) in [7, 11) is 0. The van der Waals surface area contributed by atoms with Gasteiger partial charge in [0.05, 0.1) is 5.92 Å². The van der Waals surface area contributed by atoms with Crippen LogP contribution in [-0.4, -0.2) is 30.2 Å². The van der Waals surface area contributed by atoms with Gasteiger partial charge in [-0.25, -0.2) is 0 Å². The summed E-state index contributed by atoms with van der Waals surface area (Å²) in [6, 6.07) is 6.97. The van der Waals surface area contributed by atoms with E-state index in [0.29, 0.717) is 18.0 Å². The molecule has 114 valence electrons. The number of carbonyl (C=O) groups excluding carboxylic acids is 1. The number of rotatable bonds is 5. The highest BCUT2D eigenvalue weighted by Crippen LogP contribution is 2.21. The highest BCUT2D eigenvalue weighted by Gasteiger charge is 2.18. The Kier molecular flexibility index (Phi) is 5.33. The number of benzene rings is 1. The van der Waals surface area contributed by atoms with Gasteiger partial charge in [0.2, 0.25) is 5.91 Å². The standard InChI is InChI=1S/C16H21NO4/c1-11(16(19)20)13-2-4-14(5-3-13)17-15(18)10-12-6-8-21-9-7-12/h2-5,11-12H,6-10H2,1H3,(H,17,18)(H,19,20). The topological polar surface area (TPSA) is 75.6 Å². The van der Waals surface area contributed by atoms with Crippen LogP contribution in [0, 0.1) is 5.92 Å². The molecular formula is C16H21NO4. The van der Waals surface area contributed by atoms with Crippen molar-refractivity contribution in [1.29, 1.82) is 0 Å². The summed E-state index contributed by atoms with van der Waals surface area (Å²) in [4.78, 5) is 22.9. The van der Waals surface area contributed by atoms with Crippen LogP contribution in [0.25, 0.3) is 0 Å². The number of carboxylic acids is 1. The monoisotopic (exact) mass is 291 g/mol. The van der Waals surface area contributed by atoms with Crippen molar-refractivity contribution < 1.29 is 19.4 Å². The Morgan fingerprint density at radius 2 is 1.90 bits per heavy atom. The number of amides is 1. The number of hydrogen-bond donors (Lipinski definition) is 2. The Labute approximate surface area is 124 Å². The van der Waals surface area contributed by atoms with Crippen molar-refractivity contribution in [3.8, 4) is 0 Å². The van der Waals surface area contributed by atoms with Crippen molar-refractivity contribution >= 4 is 17.6 Å². The fraction of sp³-hybridized carbons (Fsp3) is 0.500. The molecule has 0 aliphatic carbocycles.